The molecule has 3 atom stereocenters. The van der Waals surface area contributed by atoms with Crippen molar-refractivity contribution >= 4 is 17.7 Å². The van der Waals surface area contributed by atoms with Crippen LogP contribution in [0.4, 0.5) is 0 Å². The van der Waals surface area contributed by atoms with E-state index in [1.807, 2.05) is 32.5 Å². The molecule has 0 heterocycles. The molecule has 1 rings (SSSR count). The van der Waals surface area contributed by atoms with E-state index in [0.717, 1.165) is 5.75 Å². The van der Waals surface area contributed by atoms with Gasteiger partial charge in [0.05, 0.1) is 6.04 Å². The number of hydrogen-bond donors (Lipinski definition) is 2. The van der Waals surface area contributed by atoms with Crippen LogP contribution in [-0.2, 0) is 4.79 Å². The van der Waals surface area contributed by atoms with Crippen molar-refractivity contribution in [3.05, 3.63) is 0 Å². The molecule has 4 heteroatoms. The third-order valence-corrected chi connectivity index (χ3v) is 4.45. The molecule has 3 unspecified atom stereocenters. The van der Waals surface area contributed by atoms with Crippen LogP contribution in [0.25, 0.3) is 0 Å². The van der Waals surface area contributed by atoms with Crippen molar-refractivity contribution in [2.75, 3.05) is 5.75 Å². The molecule has 0 aromatic heterocycles. The largest absolute Gasteiger partial charge is 0.353 e. The summed E-state index contributed by atoms with van der Waals surface area (Å²) in [4.78, 5) is 11.8. The minimum atomic E-state index is -0.0829. The predicted molar refractivity (Wildman–Crippen MR) is 75.4 cm³/mol. The van der Waals surface area contributed by atoms with Crippen LogP contribution in [0.1, 0.15) is 47.0 Å². The van der Waals surface area contributed by atoms with Gasteiger partial charge in [-0.3, -0.25) is 4.79 Å². The highest BCUT2D eigenvalue weighted by Crippen LogP contribution is 2.30. The van der Waals surface area contributed by atoms with Gasteiger partial charge in [0, 0.05) is 17.3 Å². The van der Waals surface area contributed by atoms with E-state index in [1.54, 1.807) is 0 Å². The normalized spacial score (nSPS) is 26.2. The smallest absolute Gasteiger partial charge is 0.237 e. The van der Waals surface area contributed by atoms with Gasteiger partial charge in [-0.05, 0) is 39.4 Å². The molecule has 0 aromatic carbocycles. The molecular weight excluding hydrogens is 232 g/mol. The molecule has 3 nitrogen and oxygen atoms in total. The lowest BCUT2D eigenvalue weighted by Crippen LogP contribution is -2.49. The molecular formula is C13H26N2OS. The van der Waals surface area contributed by atoms with Gasteiger partial charge < -0.3 is 10.6 Å². The van der Waals surface area contributed by atoms with E-state index in [4.69, 9.17) is 0 Å². The van der Waals surface area contributed by atoms with E-state index >= 15 is 0 Å². The Bertz CT molecular complexity index is 246. The lowest BCUT2D eigenvalue weighted by atomic mass is 10.2. The molecule has 1 aliphatic rings. The van der Waals surface area contributed by atoms with Crippen molar-refractivity contribution in [1.82, 2.24) is 10.6 Å². The summed E-state index contributed by atoms with van der Waals surface area (Å²) in [5.74, 6) is 1.28. The summed E-state index contributed by atoms with van der Waals surface area (Å²) in [7, 11) is 0. The van der Waals surface area contributed by atoms with Crippen LogP contribution in [0.2, 0.25) is 0 Å². The standard InChI is InChI=1S/C13H26N2OS/c1-5-17-12-8-6-7-11(12)15-10(4)13(16)14-9(2)3/h9-12,15H,5-8H2,1-4H3,(H,14,16). The van der Waals surface area contributed by atoms with Crippen LogP contribution < -0.4 is 10.6 Å². The van der Waals surface area contributed by atoms with Gasteiger partial charge in [-0.15, -0.1) is 0 Å². The summed E-state index contributed by atoms with van der Waals surface area (Å²) in [6, 6.07) is 0.643. The Balaban J connectivity index is 2.39. The zero-order valence-electron chi connectivity index (χ0n) is 11.5. The number of hydrogen-bond acceptors (Lipinski definition) is 3. The first-order valence-electron chi connectivity index (χ1n) is 6.72. The Morgan fingerprint density at radius 1 is 1.35 bits per heavy atom. The maximum Gasteiger partial charge on any atom is 0.237 e. The second kappa shape index (κ2) is 7.27. The van der Waals surface area contributed by atoms with E-state index in [9.17, 15) is 4.79 Å². The Morgan fingerprint density at radius 2 is 2.06 bits per heavy atom. The van der Waals surface area contributed by atoms with Gasteiger partial charge in [-0.2, -0.15) is 11.8 Å². The summed E-state index contributed by atoms with van der Waals surface area (Å²) < 4.78 is 0. The first-order valence-corrected chi connectivity index (χ1v) is 7.77. The van der Waals surface area contributed by atoms with Crippen LogP contribution in [0, 0.1) is 0 Å². The van der Waals surface area contributed by atoms with Crippen LogP contribution >= 0.6 is 11.8 Å². The average Bonchev–Trinajstić information content (AvgIpc) is 2.65. The van der Waals surface area contributed by atoms with Crippen molar-refractivity contribution < 1.29 is 4.79 Å². The second-order valence-corrected chi connectivity index (χ2v) is 6.60. The topological polar surface area (TPSA) is 41.1 Å². The highest BCUT2D eigenvalue weighted by Gasteiger charge is 2.29. The van der Waals surface area contributed by atoms with Crippen LogP contribution in [-0.4, -0.2) is 35.0 Å². The van der Waals surface area contributed by atoms with Gasteiger partial charge in [0.15, 0.2) is 0 Å². The molecule has 0 bridgehead atoms. The molecule has 0 saturated heterocycles. The molecule has 0 radical (unpaired) electrons. The van der Waals surface area contributed by atoms with E-state index < -0.39 is 0 Å². The number of nitrogens with one attached hydrogen (secondary N) is 2. The second-order valence-electron chi connectivity index (χ2n) is 5.08. The van der Waals surface area contributed by atoms with Crippen molar-refractivity contribution in [2.45, 2.75) is 70.3 Å². The summed E-state index contributed by atoms with van der Waals surface area (Å²) in [6.07, 6.45) is 3.78. The monoisotopic (exact) mass is 258 g/mol. The third-order valence-electron chi connectivity index (χ3n) is 3.12. The number of rotatable bonds is 6. The van der Waals surface area contributed by atoms with Crippen LogP contribution in [0.3, 0.4) is 0 Å². The Kier molecular flexibility index (Phi) is 6.34. The van der Waals surface area contributed by atoms with Gasteiger partial charge >= 0.3 is 0 Å². The number of thioether (sulfide) groups is 1. The summed E-state index contributed by atoms with van der Waals surface area (Å²) in [5.41, 5.74) is 0. The van der Waals surface area contributed by atoms with Gasteiger partial charge in [0.1, 0.15) is 0 Å². The minimum absolute atomic E-state index is 0.0829. The number of carbonyl (C=O) groups is 1. The van der Waals surface area contributed by atoms with Gasteiger partial charge in [-0.1, -0.05) is 13.3 Å². The summed E-state index contributed by atoms with van der Waals surface area (Å²) in [5, 5.41) is 7.13. The number of carbonyl (C=O) groups excluding carboxylic acids is 1. The van der Waals surface area contributed by atoms with Crippen molar-refractivity contribution in [1.29, 1.82) is 0 Å². The lowest BCUT2D eigenvalue weighted by molar-refractivity contribution is -0.123. The Hall–Kier alpha value is -0.220. The molecule has 0 aliphatic heterocycles. The highest BCUT2D eigenvalue weighted by molar-refractivity contribution is 7.99. The zero-order chi connectivity index (χ0) is 12.8. The summed E-state index contributed by atoms with van der Waals surface area (Å²) in [6.45, 7) is 8.16. The van der Waals surface area contributed by atoms with Crippen molar-refractivity contribution in [3.8, 4) is 0 Å². The predicted octanol–water partition coefficient (Wildman–Crippen LogP) is 2.16. The first-order chi connectivity index (χ1) is 8.04. The average molecular weight is 258 g/mol. The zero-order valence-corrected chi connectivity index (χ0v) is 12.3. The third kappa shape index (κ3) is 4.88. The number of amides is 1. The van der Waals surface area contributed by atoms with E-state index in [1.165, 1.54) is 19.3 Å². The van der Waals surface area contributed by atoms with Crippen molar-refractivity contribution in [3.63, 3.8) is 0 Å². The maximum absolute atomic E-state index is 11.8. The fourth-order valence-corrected chi connectivity index (χ4v) is 3.55. The minimum Gasteiger partial charge on any atom is -0.353 e. The molecule has 17 heavy (non-hydrogen) atoms. The molecule has 2 N–H and O–H groups in total. The quantitative estimate of drug-likeness (QED) is 0.767. The maximum atomic E-state index is 11.8. The van der Waals surface area contributed by atoms with Crippen LogP contribution in [0.5, 0.6) is 0 Å². The summed E-state index contributed by atoms with van der Waals surface area (Å²) >= 11 is 2.02. The Morgan fingerprint density at radius 3 is 2.65 bits per heavy atom. The molecule has 1 fully saturated rings. The molecule has 1 aliphatic carbocycles. The molecule has 0 spiro atoms. The lowest BCUT2D eigenvalue weighted by Gasteiger charge is -2.24. The Labute approximate surface area is 109 Å². The SMILES string of the molecule is CCSC1CCCC1NC(C)C(=O)NC(C)C. The van der Waals surface area contributed by atoms with Gasteiger partial charge in [0.25, 0.3) is 0 Å². The van der Waals surface area contributed by atoms with Crippen molar-refractivity contribution in [2.24, 2.45) is 0 Å². The highest BCUT2D eigenvalue weighted by atomic mass is 32.2. The van der Waals surface area contributed by atoms with E-state index in [2.05, 4.69) is 17.6 Å². The van der Waals surface area contributed by atoms with Crippen LogP contribution in [0.15, 0.2) is 0 Å². The molecule has 1 amide bonds. The molecule has 0 aromatic rings. The fraction of sp³-hybridized carbons (Fsp3) is 0.923. The van der Waals surface area contributed by atoms with Gasteiger partial charge in [-0.25, -0.2) is 0 Å². The van der Waals surface area contributed by atoms with E-state index in [-0.39, 0.29) is 18.0 Å². The van der Waals surface area contributed by atoms with E-state index in [0.29, 0.717) is 11.3 Å². The first kappa shape index (κ1) is 14.8. The molecule has 1 saturated carbocycles. The van der Waals surface area contributed by atoms with Gasteiger partial charge in [0.2, 0.25) is 5.91 Å². The molecule has 100 valence electrons. The fourth-order valence-electron chi connectivity index (χ4n) is 2.34.